The molecule has 0 N–H and O–H groups in total. The van der Waals surface area contributed by atoms with Crippen LogP contribution in [-0.4, -0.2) is 21.9 Å². The van der Waals surface area contributed by atoms with Crippen LogP contribution < -0.4 is 0 Å². The lowest BCUT2D eigenvalue weighted by atomic mass is 9.66. The van der Waals surface area contributed by atoms with E-state index in [-0.39, 0.29) is 18.0 Å². The number of nitrogens with zero attached hydrogens (tertiary/aromatic N) is 2. The van der Waals surface area contributed by atoms with Gasteiger partial charge in [-0.05, 0) is 31.0 Å². The van der Waals surface area contributed by atoms with Crippen LogP contribution in [0.25, 0.3) is 0 Å². The van der Waals surface area contributed by atoms with E-state index < -0.39 is 5.41 Å². The van der Waals surface area contributed by atoms with Crippen LogP contribution in [0.5, 0.6) is 0 Å². The van der Waals surface area contributed by atoms with Crippen LogP contribution in [0.15, 0.2) is 66.7 Å². The maximum Gasteiger partial charge on any atom is 0.321 e. The smallest absolute Gasteiger partial charge is 0.321 e. The fraction of sp³-hybridized carbons (Fsp3) is 0.304. The van der Waals surface area contributed by atoms with Crippen LogP contribution in [0.2, 0.25) is 0 Å². The highest BCUT2D eigenvalue weighted by atomic mass is 16.6. The molecule has 2 unspecified atom stereocenters. The van der Waals surface area contributed by atoms with Gasteiger partial charge < -0.3 is 4.74 Å². The van der Waals surface area contributed by atoms with E-state index in [9.17, 15) is 4.79 Å². The Morgan fingerprint density at radius 2 is 1.56 bits per heavy atom. The zero-order valence-corrected chi connectivity index (χ0v) is 15.9. The minimum atomic E-state index is -0.802. The largest absolute Gasteiger partial charge is 0.459 e. The van der Waals surface area contributed by atoms with E-state index in [1.165, 1.54) is 0 Å². The molecule has 3 aromatic rings. The topological polar surface area (TPSA) is 44.1 Å². The molecule has 4 heteroatoms. The quantitative estimate of drug-likeness (QED) is 0.660. The van der Waals surface area contributed by atoms with Crippen molar-refractivity contribution in [2.75, 3.05) is 0 Å². The lowest BCUT2D eigenvalue weighted by Gasteiger charge is -2.31. The molecule has 1 aliphatic heterocycles. The van der Waals surface area contributed by atoms with E-state index in [1.807, 2.05) is 85.3 Å². The lowest BCUT2D eigenvalue weighted by Crippen LogP contribution is -2.39. The molecule has 2 aromatic carbocycles. The molecule has 1 aromatic heterocycles. The number of carbonyl (C=O) groups is 1. The predicted molar refractivity (Wildman–Crippen MR) is 104 cm³/mol. The van der Waals surface area contributed by atoms with Gasteiger partial charge in [-0.15, -0.1) is 0 Å². The Morgan fingerprint density at radius 1 is 1.00 bits per heavy atom. The number of rotatable bonds is 4. The molecule has 1 fully saturated rings. The van der Waals surface area contributed by atoms with Crippen LogP contribution in [0.1, 0.15) is 29.4 Å². The average molecular weight is 360 g/mol. The van der Waals surface area contributed by atoms with Crippen LogP contribution in [-0.2, 0) is 21.5 Å². The molecule has 27 heavy (non-hydrogen) atoms. The number of cyclic esters (lactones) is 1. The third-order valence-electron chi connectivity index (χ3n) is 5.74. The van der Waals surface area contributed by atoms with Crippen molar-refractivity contribution in [1.82, 2.24) is 9.78 Å². The molecule has 0 saturated carbocycles. The van der Waals surface area contributed by atoms with Gasteiger partial charge in [-0.3, -0.25) is 9.48 Å². The molecule has 1 aliphatic rings. The van der Waals surface area contributed by atoms with Crippen molar-refractivity contribution in [3.8, 4) is 0 Å². The minimum Gasteiger partial charge on any atom is -0.459 e. The minimum absolute atomic E-state index is 0.0290. The second-order valence-electron chi connectivity index (χ2n) is 7.38. The Kier molecular flexibility index (Phi) is 4.34. The van der Waals surface area contributed by atoms with E-state index in [4.69, 9.17) is 4.74 Å². The van der Waals surface area contributed by atoms with Gasteiger partial charge in [0.2, 0.25) is 0 Å². The van der Waals surface area contributed by atoms with Gasteiger partial charge in [0.25, 0.3) is 0 Å². The fourth-order valence-corrected chi connectivity index (χ4v) is 4.35. The first-order valence-corrected chi connectivity index (χ1v) is 9.36. The van der Waals surface area contributed by atoms with Gasteiger partial charge in [-0.1, -0.05) is 67.6 Å². The molecule has 0 spiro atoms. The first-order valence-electron chi connectivity index (χ1n) is 9.36. The van der Waals surface area contributed by atoms with Gasteiger partial charge >= 0.3 is 5.97 Å². The molecule has 0 amide bonds. The SMILES string of the molecule is Cc1cc(C)n(CC2OC(=O)C(c3ccccc3)(c3ccccc3)C2C)n1. The Hall–Kier alpha value is -2.88. The molecule has 138 valence electrons. The van der Waals surface area contributed by atoms with Gasteiger partial charge in [0.1, 0.15) is 11.5 Å². The Bertz CT molecular complexity index is 908. The van der Waals surface area contributed by atoms with Crippen molar-refractivity contribution in [1.29, 1.82) is 0 Å². The number of ether oxygens (including phenoxy) is 1. The predicted octanol–water partition coefficient (Wildman–Crippen LogP) is 4.05. The summed E-state index contributed by atoms with van der Waals surface area (Å²) in [5.41, 5.74) is 3.20. The highest BCUT2D eigenvalue weighted by Gasteiger charge is 2.57. The lowest BCUT2D eigenvalue weighted by molar-refractivity contribution is -0.145. The third-order valence-corrected chi connectivity index (χ3v) is 5.74. The average Bonchev–Trinajstić information content (AvgIpc) is 3.12. The van der Waals surface area contributed by atoms with E-state index >= 15 is 0 Å². The first-order chi connectivity index (χ1) is 13.0. The molecule has 4 nitrogen and oxygen atoms in total. The molecular formula is C23H24N2O2. The Balaban J connectivity index is 1.80. The van der Waals surface area contributed by atoms with Crippen LogP contribution in [0, 0.1) is 19.8 Å². The van der Waals surface area contributed by atoms with E-state index in [0.29, 0.717) is 6.54 Å². The molecule has 2 heterocycles. The number of benzene rings is 2. The second-order valence-corrected chi connectivity index (χ2v) is 7.38. The number of aromatic nitrogens is 2. The second kappa shape index (κ2) is 6.69. The van der Waals surface area contributed by atoms with Crippen LogP contribution in [0.3, 0.4) is 0 Å². The van der Waals surface area contributed by atoms with Crippen molar-refractivity contribution in [3.05, 3.63) is 89.2 Å². The molecule has 0 bridgehead atoms. The summed E-state index contributed by atoms with van der Waals surface area (Å²) >= 11 is 0. The summed E-state index contributed by atoms with van der Waals surface area (Å²) < 4.78 is 7.91. The molecule has 0 radical (unpaired) electrons. The zero-order valence-electron chi connectivity index (χ0n) is 15.9. The van der Waals surface area contributed by atoms with E-state index in [1.54, 1.807) is 0 Å². The number of carbonyl (C=O) groups excluding carboxylic acids is 1. The summed E-state index contributed by atoms with van der Waals surface area (Å²) in [7, 11) is 0. The molecular weight excluding hydrogens is 336 g/mol. The number of hydrogen-bond acceptors (Lipinski definition) is 3. The van der Waals surface area contributed by atoms with Crippen LogP contribution >= 0.6 is 0 Å². The molecule has 4 rings (SSSR count). The summed E-state index contributed by atoms with van der Waals surface area (Å²) in [6.07, 6.45) is -0.240. The fourth-order valence-electron chi connectivity index (χ4n) is 4.35. The highest BCUT2D eigenvalue weighted by Crippen LogP contribution is 2.47. The summed E-state index contributed by atoms with van der Waals surface area (Å²) in [6, 6.07) is 22.0. The Labute approximate surface area is 159 Å². The molecule has 1 saturated heterocycles. The van der Waals surface area contributed by atoms with Gasteiger partial charge in [0, 0.05) is 11.6 Å². The highest BCUT2D eigenvalue weighted by molar-refractivity contribution is 5.90. The van der Waals surface area contributed by atoms with Crippen molar-refractivity contribution in [3.63, 3.8) is 0 Å². The summed E-state index contributed by atoms with van der Waals surface area (Å²) in [4.78, 5) is 13.3. The summed E-state index contributed by atoms with van der Waals surface area (Å²) in [6.45, 7) is 6.68. The van der Waals surface area contributed by atoms with E-state index in [0.717, 1.165) is 22.5 Å². The third kappa shape index (κ3) is 2.76. The number of esters is 1. The van der Waals surface area contributed by atoms with Gasteiger partial charge in [0.15, 0.2) is 0 Å². The Morgan fingerprint density at radius 3 is 2.04 bits per heavy atom. The van der Waals surface area contributed by atoms with Crippen molar-refractivity contribution >= 4 is 5.97 Å². The molecule has 0 aliphatic carbocycles. The van der Waals surface area contributed by atoms with Crippen LogP contribution in [0.4, 0.5) is 0 Å². The molecule has 2 atom stereocenters. The van der Waals surface area contributed by atoms with Crippen molar-refractivity contribution in [2.24, 2.45) is 5.92 Å². The van der Waals surface area contributed by atoms with Crippen molar-refractivity contribution < 1.29 is 9.53 Å². The normalized spacial score (nSPS) is 21.2. The summed E-state index contributed by atoms with van der Waals surface area (Å²) in [5.74, 6) is -0.211. The first kappa shape index (κ1) is 17.5. The summed E-state index contributed by atoms with van der Waals surface area (Å²) in [5, 5.41) is 4.55. The monoisotopic (exact) mass is 360 g/mol. The van der Waals surface area contributed by atoms with E-state index in [2.05, 4.69) is 12.0 Å². The maximum atomic E-state index is 13.3. The van der Waals surface area contributed by atoms with Gasteiger partial charge in [-0.2, -0.15) is 5.10 Å². The zero-order chi connectivity index (χ0) is 19.0. The van der Waals surface area contributed by atoms with Gasteiger partial charge in [-0.25, -0.2) is 0 Å². The maximum absolute atomic E-state index is 13.3. The van der Waals surface area contributed by atoms with Crippen molar-refractivity contribution in [2.45, 2.75) is 38.8 Å². The standard InChI is InChI=1S/C23H24N2O2/c1-16-14-17(2)25(24-16)15-21-18(3)23(22(26)27-21,19-10-6-4-7-11-19)20-12-8-5-9-13-20/h4-14,18,21H,15H2,1-3H3. The number of hydrogen-bond donors (Lipinski definition) is 0. The number of aryl methyl sites for hydroxylation is 2. The van der Waals surface area contributed by atoms with Gasteiger partial charge in [0.05, 0.1) is 12.2 Å².